The smallest absolute Gasteiger partial charge is 0.257 e. The zero-order valence-corrected chi connectivity index (χ0v) is 22.1. The minimum Gasteiger partial charge on any atom is -0.491 e. The molecule has 1 aromatic carbocycles. The third kappa shape index (κ3) is 7.18. The number of carbonyl (C=O) groups excluding carboxylic acids is 3. The molecular formula is C26H40N4O6. The lowest BCUT2D eigenvalue weighted by molar-refractivity contribution is -0.137. The summed E-state index contributed by atoms with van der Waals surface area (Å²) in [6.45, 7) is 9.88. The number of amides is 3. The molecule has 10 heteroatoms. The fourth-order valence-electron chi connectivity index (χ4n) is 4.49. The standard InChI is InChI=1S/C26H40N4O6/c1-6-24(31)27-20-7-8-22-21(13-20)26(33)28(4)15-23(34-5)18(2)14-30(19(3)17-36-22)25(32)16-29-9-11-35-12-10-29/h7-8,13,18-19,23H,6,9-12,14-17H2,1-5H3,(H,27,31)/t18-,19+,23+/m1/s1. The first kappa shape index (κ1) is 27.9. The van der Waals surface area contributed by atoms with E-state index in [2.05, 4.69) is 10.2 Å². The summed E-state index contributed by atoms with van der Waals surface area (Å²) in [5.74, 6) is 0.0716. The molecule has 0 unspecified atom stereocenters. The summed E-state index contributed by atoms with van der Waals surface area (Å²) in [6, 6.07) is 4.84. The van der Waals surface area contributed by atoms with Crippen molar-refractivity contribution in [3.63, 3.8) is 0 Å². The Morgan fingerprint density at radius 3 is 2.56 bits per heavy atom. The Hall–Kier alpha value is -2.69. The molecule has 1 saturated heterocycles. The first-order valence-corrected chi connectivity index (χ1v) is 12.7. The van der Waals surface area contributed by atoms with Crippen molar-refractivity contribution in [3.05, 3.63) is 23.8 Å². The van der Waals surface area contributed by atoms with Gasteiger partial charge in [-0.1, -0.05) is 13.8 Å². The summed E-state index contributed by atoms with van der Waals surface area (Å²) < 4.78 is 17.3. The van der Waals surface area contributed by atoms with Gasteiger partial charge in [-0.25, -0.2) is 0 Å². The summed E-state index contributed by atoms with van der Waals surface area (Å²) in [7, 11) is 3.35. The average molecular weight is 505 g/mol. The highest BCUT2D eigenvalue weighted by Crippen LogP contribution is 2.26. The maximum absolute atomic E-state index is 13.4. The van der Waals surface area contributed by atoms with Gasteiger partial charge in [0.25, 0.3) is 5.91 Å². The van der Waals surface area contributed by atoms with Gasteiger partial charge in [-0.3, -0.25) is 19.3 Å². The highest BCUT2D eigenvalue weighted by Gasteiger charge is 2.31. The molecule has 0 bridgehead atoms. The summed E-state index contributed by atoms with van der Waals surface area (Å²) in [4.78, 5) is 44.3. The van der Waals surface area contributed by atoms with Crippen LogP contribution in [0.25, 0.3) is 0 Å². The van der Waals surface area contributed by atoms with Crippen LogP contribution < -0.4 is 10.1 Å². The molecular weight excluding hydrogens is 464 g/mol. The number of nitrogens with one attached hydrogen (secondary N) is 1. The fourth-order valence-corrected chi connectivity index (χ4v) is 4.49. The van der Waals surface area contributed by atoms with Crippen LogP contribution in [-0.2, 0) is 19.1 Å². The van der Waals surface area contributed by atoms with Crippen LogP contribution in [0, 0.1) is 5.92 Å². The Morgan fingerprint density at radius 1 is 1.17 bits per heavy atom. The van der Waals surface area contributed by atoms with Gasteiger partial charge < -0.3 is 29.3 Å². The van der Waals surface area contributed by atoms with Gasteiger partial charge in [0.2, 0.25) is 11.8 Å². The number of carbonyl (C=O) groups is 3. The van der Waals surface area contributed by atoms with E-state index in [0.717, 1.165) is 13.1 Å². The second-order valence-electron chi connectivity index (χ2n) is 9.64. The van der Waals surface area contributed by atoms with E-state index in [0.29, 0.717) is 56.3 Å². The van der Waals surface area contributed by atoms with Crippen LogP contribution in [0.3, 0.4) is 0 Å². The molecule has 1 fully saturated rings. The SMILES string of the molecule is CCC(=O)Nc1ccc2c(c1)C(=O)N(C)C[C@H](OC)[C@H](C)CN(C(=O)CN1CCOCC1)[C@@H](C)CO2. The molecule has 2 heterocycles. The monoisotopic (exact) mass is 504 g/mol. The molecule has 200 valence electrons. The number of methoxy groups -OCH3 is 1. The number of hydrogen-bond donors (Lipinski definition) is 1. The van der Waals surface area contributed by atoms with Crippen LogP contribution in [0.1, 0.15) is 37.6 Å². The van der Waals surface area contributed by atoms with Gasteiger partial charge in [0.1, 0.15) is 12.4 Å². The number of morpholine rings is 1. The van der Waals surface area contributed by atoms with Gasteiger partial charge in [-0.15, -0.1) is 0 Å². The molecule has 0 aromatic heterocycles. The van der Waals surface area contributed by atoms with Crippen LogP contribution in [0.4, 0.5) is 5.69 Å². The minimum absolute atomic E-state index is 0.0181. The molecule has 3 rings (SSSR count). The topological polar surface area (TPSA) is 101 Å². The molecule has 0 saturated carbocycles. The Morgan fingerprint density at radius 2 is 1.89 bits per heavy atom. The molecule has 2 aliphatic rings. The third-order valence-corrected chi connectivity index (χ3v) is 6.83. The molecule has 0 aliphatic carbocycles. The molecule has 10 nitrogen and oxygen atoms in total. The summed E-state index contributed by atoms with van der Waals surface area (Å²) in [5, 5.41) is 2.80. The first-order valence-electron chi connectivity index (χ1n) is 12.7. The summed E-state index contributed by atoms with van der Waals surface area (Å²) in [6.07, 6.45) is 0.0670. The van der Waals surface area contributed by atoms with E-state index in [1.165, 1.54) is 0 Å². The van der Waals surface area contributed by atoms with Crippen molar-refractivity contribution in [2.75, 3.05) is 72.0 Å². The predicted molar refractivity (Wildman–Crippen MR) is 136 cm³/mol. The van der Waals surface area contributed by atoms with Crippen molar-refractivity contribution in [1.82, 2.24) is 14.7 Å². The van der Waals surface area contributed by atoms with Gasteiger partial charge in [0.15, 0.2) is 0 Å². The number of nitrogens with zero attached hydrogens (tertiary/aromatic N) is 3. The van der Waals surface area contributed by atoms with E-state index < -0.39 is 0 Å². The number of anilines is 1. The second kappa shape index (κ2) is 13.0. The average Bonchev–Trinajstić information content (AvgIpc) is 2.88. The van der Waals surface area contributed by atoms with E-state index in [-0.39, 0.29) is 42.4 Å². The Kier molecular flexibility index (Phi) is 10.1. The Labute approximate surface area is 213 Å². The Bertz CT molecular complexity index is 920. The largest absolute Gasteiger partial charge is 0.491 e. The maximum atomic E-state index is 13.4. The van der Waals surface area contributed by atoms with E-state index in [1.807, 2.05) is 18.7 Å². The van der Waals surface area contributed by atoms with Crippen LogP contribution in [0.2, 0.25) is 0 Å². The van der Waals surface area contributed by atoms with E-state index in [9.17, 15) is 14.4 Å². The molecule has 3 amide bonds. The second-order valence-corrected chi connectivity index (χ2v) is 9.64. The quantitative estimate of drug-likeness (QED) is 0.651. The van der Waals surface area contributed by atoms with E-state index >= 15 is 0 Å². The summed E-state index contributed by atoms with van der Waals surface area (Å²) >= 11 is 0. The zero-order valence-electron chi connectivity index (χ0n) is 22.1. The van der Waals surface area contributed by atoms with Gasteiger partial charge in [-0.05, 0) is 25.1 Å². The van der Waals surface area contributed by atoms with Crippen molar-refractivity contribution >= 4 is 23.4 Å². The maximum Gasteiger partial charge on any atom is 0.257 e. The molecule has 1 aromatic rings. The minimum atomic E-state index is -0.267. The van der Waals surface area contributed by atoms with Crippen LogP contribution >= 0.6 is 0 Å². The van der Waals surface area contributed by atoms with E-state index in [1.54, 1.807) is 44.2 Å². The lowest BCUT2D eigenvalue weighted by atomic mass is 10.0. The molecule has 1 N–H and O–H groups in total. The van der Waals surface area contributed by atoms with Gasteiger partial charge in [0, 0.05) is 58.4 Å². The Balaban J connectivity index is 1.89. The normalized spacial score (nSPS) is 24.2. The van der Waals surface area contributed by atoms with Crippen molar-refractivity contribution in [3.8, 4) is 5.75 Å². The zero-order chi connectivity index (χ0) is 26.2. The van der Waals surface area contributed by atoms with Crippen molar-refractivity contribution in [2.45, 2.75) is 39.3 Å². The number of rotatable bonds is 5. The fraction of sp³-hybridized carbons (Fsp3) is 0.654. The lowest BCUT2D eigenvalue weighted by Gasteiger charge is -2.37. The lowest BCUT2D eigenvalue weighted by Crippen LogP contribution is -2.52. The van der Waals surface area contributed by atoms with Crippen LogP contribution in [0.5, 0.6) is 5.75 Å². The van der Waals surface area contributed by atoms with Gasteiger partial charge in [0.05, 0.1) is 37.5 Å². The number of fused-ring (bicyclic) bond motifs is 1. The van der Waals surface area contributed by atoms with Crippen LogP contribution in [-0.4, -0.2) is 111 Å². The number of ether oxygens (including phenoxy) is 3. The molecule has 36 heavy (non-hydrogen) atoms. The van der Waals surface area contributed by atoms with Crippen molar-refractivity contribution < 1.29 is 28.6 Å². The van der Waals surface area contributed by atoms with Crippen molar-refractivity contribution in [1.29, 1.82) is 0 Å². The highest BCUT2D eigenvalue weighted by atomic mass is 16.5. The number of hydrogen-bond acceptors (Lipinski definition) is 7. The van der Waals surface area contributed by atoms with Gasteiger partial charge in [-0.2, -0.15) is 0 Å². The first-order chi connectivity index (χ1) is 17.2. The molecule has 2 aliphatic heterocycles. The highest BCUT2D eigenvalue weighted by molar-refractivity contribution is 5.99. The summed E-state index contributed by atoms with van der Waals surface area (Å²) in [5.41, 5.74) is 0.887. The van der Waals surface area contributed by atoms with Crippen LogP contribution in [0.15, 0.2) is 18.2 Å². The molecule has 3 atom stereocenters. The van der Waals surface area contributed by atoms with Gasteiger partial charge >= 0.3 is 0 Å². The van der Waals surface area contributed by atoms with Crippen molar-refractivity contribution in [2.24, 2.45) is 5.92 Å². The number of likely N-dealkylation sites (N-methyl/N-ethyl adjacent to an activating group) is 1. The predicted octanol–water partition coefficient (Wildman–Crippen LogP) is 1.70. The molecule has 0 spiro atoms. The third-order valence-electron chi connectivity index (χ3n) is 6.83. The molecule has 0 radical (unpaired) electrons. The number of benzene rings is 1. The van der Waals surface area contributed by atoms with E-state index in [4.69, 9.17) is 14.2 Å².